The normalized spacial score (nSPS) is 13.1. The van der Waals surface area contributed by atoms with Crippen molar-refractivity contribution in [3.63, 3.8) is 0 Å². The second-order valence-corrected chi connectivity index (χ2v) is 6.21. The van der Waals surface area contributed by atoms with Gasteiger partial charge in [0, 0.05) is 11.9 Å². The lowest BCUT2D eigenvalue weighted by atomic mass is 10.1. The van der Waals surface area contributed by atoms with Crippen LogP contribution in [0.2, 0.25) is 0 Å². The molecule has 0 saturated heterocycles. The van der Waals surface area contributed by atoms with E-state index in [0.29, 0.717) is 17.9 Å². The highest BCUT2D eigenvalue weighted by atomic mass is 16.5. The average Bonchev–Trinajstić information content (AvgIpc) is 2.98. The van der Waals surface area contributed by atoms with Crippen molar-refractivity contribution in [2.24, 2.45) is 0 Å². The number of ether oxygens (including phenoxy) is 3. The van der Waals surface area contributed by atoms with E-state index in [0.717, 1.165) is 19.3 Å². The molecule has 1 aromatic carbocycles. The molecule has 7 nitrogen and oxygen atoms in total. The molecule has 1 heterocycles. The lowest BCUT2D eigenvalue weighted by Gasteiger charge is -2.23. The molecule has 0 aromatic heterocycles. The van der Waals surface area contributed by atoms with Crippen molar-refractivity contribution >= 4 is 23.6 Å². The number of anilines is 1. The maximum absolute atomic E-state index is 12.4. The van der Waals surface area contributed by atoms with Crippen molar-refractivity contribution < 1.29 is 28.6 Å². The van der Waals surface area contributed by atoms with E-state index in [2.05, 4.69) is 6.92 Å². The lowest BCUT2D eigenvalue weighted by Crippen LogP contribution is -2.27. The van der Waals surface area contributed by atoms with Gasteiger partial charge >= 0.3 is 17.9 Å². The Morgan fingerprint density at radius 3 is 2.21 bits per heavy atom. The van der Waals surface area contributed by atoms with E-state index in [1.54, 1.807) is 42.6 Å². The fraction of sp³-hybridized carbons (Fsp3) is 0.318. The van der Waals surface area contributed by atoms with Gasteiger partial charge in [0.2, 0.25) is 0 Å². The van der Waals surface area contributed by atoms with Crippen molar-refractivity contribution in [3.05, 3.63) is 65.5 Å². The highest BCUT2D eigenvalue weighted by Gasteiger charge is 2.27. The zero-order valence-electron chi connectivity index (χ0n) is 16.8. The van der Waals surface area contributed by atoms with E-state index in [9.17, 15) is 14.4 Å². The monoisotopic (exact) mass is 399 g/mol. The van der Waals surface area contributed by atoms with Crippen molar-refractivity contribution in [1.29, 1.82) is 0 Å². The number of carbonyl (C=O) groups excluding carboxylic acids is 3. The molecular formula is C22H25NO6. The molecular weight excluding hydrogens is 374 g/mol. The average molecular weight is 399 g/mol. The van der Waals surface area contributed by atoms with Crippen LogP contribution in [0.3, 0.4) is 0 Å². The van der Waals surface area contributed by atoms with Gasteiger partial charge in [-0.1, -0.05) is 25.8 Å². The van der Waals surface area contributed by atoms with Crippen LogP contribution >= 0.6 is 0 Å². The minimum Gasteiger partial charge on any atom is -0.465 e. The molecule has 0 unspecified atom stereocenters. The summed E-state index contributed by atoms with van der Waals surface area (Å²) in [6, 6.07) is 6.54. The summed E-state index contributed by atoms with van der Waals surface area (Å²) in [5, 5.41) is 0. The number of rotatable bonds is 8. The van der Waals surface area contributed by atoms with Gasteiger partial charge in [0.1, 0.15) is 5.70 Å². The molecule has 154 valence electrons. The zero-order valence-corrected chi connectivity index (χ0v) is 16.8. The zero-order chi connectivity index (χ0) is 21.2. The summed E-state index contributed by atoms with van der Waals surface area (Å²) in [5.74, 6) is -1.76. The molecule has 1 aliphatic heterocycles. The van der Waals surface area contributed by atoms with Gasteiger partial charge in [0.15, 0.2) is 0 Å². The lowest BCUT2D eigenvalue weighted by molar-refractivity contribution is -0.139. The molecule has 0 fully saturated rings. The number of methoxy groups -OCH3 is 2. The van der Waals surface area contributed by atoms with Gasteiger partial charge in [-0.05, 0) is 42.8 Å². The second kappa shape index (κ2) is 10.8. The third kappa shape index (κ3) is 5.57. The predicted octanol–water partition coefficient (Wildman–Crippen LogP) is 3.52. The molecule has 0 atom stereocenters. The molecule has 0 N–H and O–H groups in total. The molecule has 0 spiro atoms. The van der Waals surface area contributed by atoms with Gasteiger partial charge in [-0.25, -0.2) is 14.4 Å². The Hall–Kier alpha value is -3.35. The van der Waals surface area contributed by atoms with Crippen LogP contribution in [0.1, 0.15) is 36.5 Å². The summed E-state index contributed by atoms with van der Waals surface area (Å²) in [6.07, 6.45) is 9.29. The van der Waals surface area contributed by atoms with Gasteiger partial charge < -0.3 is 19.1 Å². The van der Waals surface area contributed by atoms with E-state index in [1.165, 1.54) is 25.2 Å². The quantitative estimate of drug-likeness (QED) is 0.376. The maximum Gasteiger partial charge on any atom is 0.355 e. The Morgan fingerprint density at radius 1 is 0.897 bits per heavy atom. The SMILES string of the molecule is CCCCCOC(=O)c1ccc(N2C=CC=CC(C(=O)OC)=C2C(=O)OC)cc1. The van der Waals surface area contributed by atoms with Crippen LogP contribution in [0.5, 0.6) is 0 Å². The summed E-state index contributed by atoms with van der Waals surface area (Å²) in [6.45, 7) is 2.46. The first-order chi connectivity index (χ1) is 14.0. The first-order valence-electron chi connectivity index (χ1n) is 9.35. The highest BCUT2D eigenvalue weighted by Crippen LogP contribution is 2.26. The van der Waals surface area contributed by atoms with Crippen LogP contribution in [0.15, 0.2) is 60.0 Å². The number of unbranched alkanes of at least 4 members (excludes halogenated alkanes) is 2. The van der Waals surface area contributed by atoms with Crippen LogP contribution in [0.4, 0.5) is 5.69 Å². The topological polar surface area (TPSA) is 82.1 Å². The molecule has 1 aromatic rings. The van der Waals surface area contributed by atoms with Crippen molar-refractivity contribution in [3.8, 4) is 0 Å². The molecule has 0 amide bonds. The summed E-state index contributed by atoms with van der Waals surface area (Å²) in [5.41, 5.74) is 1.04. The predicted molar refractivity (Wildman–Crippen MR) is 108 cm³/mol. The van der Waals surface area contributed by atoms with Crippen molar-refractivity contribution in [1.82, 2.24) is 0 Å². The molecule has 7 heteroatoms. The van der Waals surface area contributed by atoms with Crippen LogP contribution in [-0.4, -0.2) is 38.7 Å². The fourth-order valence-electron chi connectivity index (χ4n) is 2.72. The van der Waals surface area contributed by atoms with Gasteiger partial charge in [-0.2, -0.15) is 0 Å². The first kappa shape index (κ1) is 21.9. The summed E-state index contributed by atoms with van der Waals surface area (Å²) in [4.78, 5) is 38.2. The van der Waals surface area contributed by atoms with E-state index in [4.69, 9.17) is 14.2 Å². The Kier molecular flexibility index (Phi) is 8.21. The number of carbonyl (C=O) groups is 3. The largest absolute Gasteiger partial charge is 0.465 e. The van der Waals surface area contributed by atoms with E-state index >= 15 is 0 Å². The first-order valence-corrected chi connectivity index (χ1v) is 9.35. The molecule has 2 rings (SSSR count). The highest BCUT2D eigenvalue weighted by molar-refractivity contribution is 6.05. The summed E-state index contributed by atoms with van der Waals surface area (Å²) in [7, 11) is 2.47. The van der Waals surface area contributed by atoms with Gasteiger partial charge in [-0.3, -0.25) is 0 Å². The van der Waals surface area contributed by atoms with Crippen molar-refractivity contribution in [2.75, 3.05) is 25.7 Å². The number of esters is 3. The van der Waals surface area contributed by atoms with E-state index < -0.39 is 17.9 Å². The van der Waals surface area contributed by atoms with E-state index in [1.807, 2.05) is 0 Å². The van der Waals surface area contributed by atoms with Gasteiger partial charge in [-0.15, -0.1) is 0 Å². The molecule has 0 aliphatic carbocycles. The number of benzene rings is 1. The van der Waals surface area contributed by atoms with Crippen LogP contribution in [0.25, 0.3) is 0 Å². The number of hydrogen-bond acceptors (Lipinski definition) is 7. The van der Waals surface area contributed by atoms with E-state index in [-0.39, 0.29) is 11.3 Å². The Balaban J connectivity index is 2.30. The summed E-state index contributed by atoms with van der Waals surface area (Å²) >= 11 is 0. The minimum atomic E-state index is -0.694. The molecule has 29 heavy (non-hydrogen) atoms. The smallest absolute Gasteiger partial charge is 0.355 e. The van der Waals surface area contributed by atoms with Crippen molar-refractivity contribution in [2.45, 2.75) is 26.2 Å². The third-order valence-electron chi connectivity index (χ3n) is 4.25. The van der Waals surface area contributed by atoms with Gasteiger partial charge in [0.05, 0.1) is 32.0 Å². The molecule has 0 radical (unpaired) electrons. The number of allylic oxidation sites excluding steroid dienone is 2. The Morgan fingerprint density at radius 2 is 1.59 bits per heavy atom. The fourth-order valence-corrected chi connectivity index (χ4v) is 2.72. The van der Waals surface area contributed by atoms with Gasteiger partial charge in [0.25, 0.3) is 0 Å². The third-order valence-corrected chi connectivity index (χ3v) is 4.25. The minimum absolute atomic E-state index is 0.0132. The maximum atomic E-state index is 12.4. The number of hydrogen-bond donors (Lipinski definition) is 0. The summed E-state index contributed by atoms with van der Waals surface area (Å²) < 4.78 is 14.9. The Labute approximate surface area is 170 Å². The molecule has 0 bridgehead atoms. The van der Waals surface area contributed by atoms with Crippen LogP contribution in [-0.2, 0) is 23.8 Å². The number of nitrogens with zero attached hydrogens (tertiary/aromatic N) is 1. The second-order valence-electron chi connectivity index (χ2n) is 6.21. The Bertz CT molecular complexity index is 835. The molecule has 1 aliphatic rings. The van der Waals surface area contributed by atoms with Crippen LogP contribution in [0, 0.1) is 0 Å². The molecule has 0 saturated carbocycles. The van der Waals surface area contributed by atoms with Crippen LogP contribution < -0.4 is 4.90 Å². The standard InChI is InChI=1S/C22H25NO6/c1-4-5-8-15-29-20(24)16-10-12-17(13-11-16)23-14-7-6-9-18(21(25)27-2)19(23)22(26)28-3/h6-7,9-14H,4-5,8,15H2,1-3H3.